The number of allylic oxidation sites excluding steroid dienone is 4. The summed E-state index contributed by atoms with van der Waals surface area (Å²) in [6.45, 7) is 16.5. The average molecular weight is 568 g/mol. The zero-order valence-electron chi connectivity index (χ0n) is 26.9. The summed E-state index contributed by atoms with van der Waals surface area (Å²) in [7, 11) is 3.27. The van der Waals surface area contributed by atoms with Crippen LogP contribution in [-0.4, -0.2) is 50.9 Å². The Morgan fingerprint density at radius 1 is 0.951 bits per heavy atom. The van der Waals surface area contributed by atoms with E-state index in [1.54, 1.807) is 20.3 Å². The molecular weight excluding hydrogens is 514 g/mol. The highest BCUT2D eigenvalue weighted by Gasteiger charge is 2.69. The normalized spacial score (nSPS) is 44.8. The second-order valence-corrected chi connectivity index (χ2v) is 16.1. The van der Waals surface area contributed by atoms with Crippen molar-refractivity contribution in [3.8, 4) is 0 Å². The van der Waals surface area contributed by atoms with Crippen molar-refractivity contribution in [2.75, 3.05) is 27.4 Å². The molecule has 0 bridgehead atoms. The van der Waals surface area contributed by atoms with Gasteiger partial charge < -0.3 is 14.8 Å². The Balaban J connectivity index is 1.52. The van der Waals surface area contributed by atoms with Gasteiger partial charge in [-0.2, -0.15) is 0 Å². The summed E-state index contributed by atoms with van der Waals surface area (Å²) in [5.41, 5.74) is -0.365. The van der Waals surface area contributed by atoms with Crippen LogP contribution in [0.5, 0.6) is 0 Å². The van der Waals surface area contributed by atoms with Crippen LogP contribution >= 0.6 is 0 Å². The van der Waals surface area contributed by atoms with Crippen molar-refractivity contribution in [1.29, 1.82) is 0 Å². The van der Waals surface area contributed by atoms with Gasteiger partial charge in [0.15, 0.2) is 11.6 Å². The van der Waals surface area contributed by atoms with E-state index in [-0.39, 0.29) is 62.9 Å². The molecule has 0 aromatic heterocycles. The van der Waals surface area contributed by atoms with Gasteiger partial charge in [-0.1, -0.05) is 60.1 Å². The van der Waals surface area contributed by atoms with Crippen molar-refractivity contribution in [2.24, 2.45) is 50.2 Å². The van der Waals surface area contributed by atoms with Crippen LogP contribution in [0, 0.1) is 50.2 Å². The Kier molecular flexibility index (Phi) is 7.38. The third kappa shape index (κ3) is 4.28. The topological polar surface area (TPSA) is 81.7 Å². The van der Waals surface area contributed by atoms with Crippen LogP contribution in [0.15, 0.2) is 23.8 Å². The summed E-state index contributed by atoms with van der Waals surface area (Å²) in [4.78, 5) is 41.2. The maximum Gasteiger partial charge on any atom is 0.226 e. The summed E-state index contributed by atoms with van der Waals surface area (Å²) in [6.07, 6.45) is 12.5. The molecule has 6 nitrogen and oxygen atoms in total. The molecule has 6 heteroatoms. The lowest BCUT2D eigenvalue weighted by Gasteiger charge is -2.69. The van der Waals surface area contributed by atoms with Crippen LogP contribution in [0.3, 0.4) is 0 Å². The van der Waals surface area contributed by atoms with Crippen molar-refractivity contribution < 1.29 is 23.9 Å². The minimum atomic E-state index is -0.548. The minimum Gasteiger partial charge on any atom is -0.382 e. The van der Waals surface area contributed by atoms with Crippen LogP contribution in [0.25, 0.3) is 0 Å². The molecule has 5 aliphatic rings. The van der Waals surface area contributed by atoms with E-state index in [0.29, 0.717) is 19.6 Å². The minimum absolute atomic E-state index is 0.0417. The third-order valence-electron chi connectivity index (χ3n) is 13.5. The van der Waals surface area contributed by atoms with Crippen LogP contribution in [0.1, 0.15) is 93.4 Å². The van der Waals surface area contributed by atoms with Gasteiger partial charge in [0.1, 0.15) is 0 Å². The van der Waals surface area contributed by atoms with Gasteiger partial charge in [0, 0.05) is 36.4 Å². The van der Waals surface area contributed by atoms with E-state index in [1.807, 2.05) is 6.08 Å². The molecule has 5 aliphatic carbocycles. The first-order chi connectivity index (χ1) is 19.0. The van der Waals surface area contributed by atoms with E-state index >= 15 is 0 Å². The Morgan fingerprint density at radius 3 is 2.22 bits per heavy atom. The van der Waals surface area contributed by atoms with E-state index in [9.17, 15) is 14.4 Å². The Morgan fingerprint density at radius 2 is 1.59 bits per heavy atom. The molecule has 3 saturated carbocycles. The third-order valence-corrected chi connectivity index (χ3v) is 13.5. The lowest BCUT2D eigenvalue weighted by atomic mass is 9.34. The number of hydrogen-bond acceptors (Lipinski definition) is 5. The zero-order chi connectivity index (χ0) is 30.2. The summed E-state index contributed by atoms with van der Waals surface area (Å²) in [5.74, 6) is 0.690. The highest BCUT2D eigenvalue weighted by atomic mass is 16.5. The Hall–Kier alpha value is -1.79. The quantitative estimate of drug-likeness (QED) is 0.420. The van der Waals surface area contributed by atoms with Gasteiger partial charge in [-0.25, -0.2) is 0 Å². The molecular formula is C35H53NO5. The summed E-state index contributed by atoms with van der Waals surface area (Å²) < 4.78 is 10.7. The number of carbonyl (C=O) groups excluding carboxylic acids is 3. The van der Waals surface area contributed by atoms with Crippen molar-refractivity contribution >= 4 is 17.5 Å². The van der Waals surface area contributed by atoms with Crippen LogP contribution in [0.4, 0.5) is 0 Å². The average Bonchev–Trinajstić information content (AvgIpc) is 2.89. The van der Waals surface area contributed by atoms with E-state index in [0.717, 1.165) is 38.5 Å². The highest BCUT2D eigenvalue weighted by molar-refractivity contribution is 5.98. The van der Waals surface area contributed by atoms with Gasteiger partial charge in [-0.3, -0.25) is 14.4 Å². The number of fused-ring (bicyclic) bond motifs is 7. The monoisotopic (exact) mass is 567 g/mol. The molecule has 0 heterocycles. The Bertz CT molecular complexity index is 1180. The molecule has 1 amide bonds. The van der Waals surface area contributed by atoms with E-state index < -0.39 is 10.8 Å². The molecule has 0 aromatic carbocycles. The van der Waals surface area contributed by atoms with Crippen LogP contribution in [-0.2, 0) is 23.9 Å². The number of nitrogens with one attached hydrogen (secondary N) is 1. The van der Waals surface area contributed by atoms with Gasteiger partial charge in [-0.15, -0.1) is 0 Å². The molecule has 0 aromatic rings. The standard InChI is InChI=1S/C35H53NO5/c1-30(2)25-10-13-34(6)26(33(25,5)12-11-27(30)38)18-24(37)28-23-19-32(4,29(39)36-22(20-40-8)21-41-9)15-14-31(23,3)16-17-35(28,34)7/h11-12,18,22-23,25,28H,10,13-17,19-21H2,1-9H3,(H,36,39). The molecule has 228 valence electrons. The molecule has 8 unspecified atom stereocenters. The number of ether oxygens (including phenoxy) is 2. The number of methoxy groups -OCH3 is 2. The van der Waals surface area contributed by atoms with E-state index in [4.69, 9.17) is 9.47 Å². The lowest BCUT2D eigenvalue weighted by molar-refractivity contribution is -0.172. The molecule has 0 spiro atoms. The van der Waals surface area contributed by atoms with Gasteiger partial charge in [-0.05, 0) is 85.2 Å². The lowest BCUT2D eigenvalue weighted by Crippen LogP contribution is -2.65. The molecule has 0 saturated heterocycles. The molecule has 0 aliphatic heterocycles. The number of amides is 1. The molecule has 8 atom stereocenters. The number of rotatable bonds is 6. The SMILES string of the molecule is COCC(COC)NC(=O)C1(C)CCC2(C)CCC3(C)C(C(=O)C=C4C5(C)C=CC(=O)C(C)(C)C5CCC43C)C2C1. The van der Waals surface area contributed by atoms with Crippen molar-refractivity contribution in [1.82, 2.24) is 5.32 Å². The van der Waals surface area contributed by atoms with Crippen LogP contribution < -0.4 is 5.32 Å². The zero-order valence-corrected chi connectivity index (χ0v) is 26.9. The fourth-order valence-electron chi connectivity index (χ4n) is 10.5. The first-order valence-corrected chi connectivity index (χ1v) is 15.8. The fourth-order valence-corrected chi connectivity index (χ4v) is 10.5. The second-order valence-electron chi connectivity index (χ2n) is 16.1. The maximum atomic E-state index is 14.5. The van der Waals surface area contributed by atoms with Crippen molar-refractivity contribution in [3.05, 3.63) is 23.8 Å². The number of ketones is 2. The maximum absolute atomic E-state index is 14.5. The first kappa shape index (κ1) is 30.7. The largest absolute Gasteiger partial charge is 0.382 e. The molecule has 0 radical (unpaired) electrons. The number of carbonyl (C=O) groups is 3. The summed E-state index contributed by atoms with van der Waals surface area (Å²) in [6, 6.07) is -0.199. The summed E-state index contributed by atoms with van der Waals surface area (Å²) in [5, 5.41) is 3.21. The predicted octanol–water partition coefficient (Wildman–Crippen LogP) is 6.09. The smallest absolute Gasteiger partial charge is 0.226 e. The van der Waals surface area contributed by atoms with E-state index in [1.165, 1.54) is 5.57 Å². The van der Waals surface area contributed by atoms with Crippen LogP contribution in [0.2, 0.25) is 0 Å². The highest BCUT2D eigenvalue weighted by Crippen LogP contribution is 2.74. The van der Waals surface area contributed by atoms with Gasteiger partial charge in [0.05, 0.1) is 19.3 Å². The van der Waals surface area contributed by atoms with Gasteiger partial charge in [0.25, 0.3) is 0 Å². The molecule has 5 rings (SSSR count). The fraction of sp³-hybridized carbons (Fsp3) is 0.800. The van der Waals surface area contributed by atoms with Gasteiger partial charge >= 0.3 is 0 Å². The first-order valence-electron chi connectivity index (χ1n) is 15.8. The van der Waals surface area contributed by atoms with Gasteiger partial charge in [0.2, 0.25) is 5.91 Å². The van der Waals surface area contributed by atoms with E-state index in [2.05, 4.69) is 59.9 Å². The van der Waals surface area contributed by atoms with Crippen molar-refractivity contribution in [2.45, 2.75) is 99.5 Å². The van der Waals surface area contributed by atoms with Crippen molar-refractivity contribution in [3.63, 3.8) is 0 Å². The summed E-state index contributed by atoms with van der Waals surface area (Å²) >= 11 is 0. The Labute approximate surface area is 247 Å². The number of hydrogen-bond donors (Lipinski definition) is 1. The predicted molar refractivity (Wildman–Crippen MR) is 160 cm³/mol. The molecule has 3 fully saturated rings. The molecule has 1 N–H and O–H groups in total. The second kappa shape index (κ2) is 9.87. The molecule has 41 heavy (non-hydrogen) atoms.